The smallest absolute Gasteiger partial charge is 0.164 e. The molecule has 0 amide bonds. The molecule has 0 saturated heterocycles. The zero-order chi connectivity index (χ0) is 38.6. The van der Waals surface area contributed by atoms with E-state index in [4.69, 9.17) is 4.98 Å². The average Bonchev–Trinajstić information content (AvgIpc) is 3.58. The number of fused-ring (bicyclic) bond motifs is 2. The molecule has 5 aromatic rings. The van der Waals surface area contributed by atoms with Crippen molar-refractivity contribution in [3.8, 4) is 22.4 Å². The van der Waals surface area contributed by atoms with E-state index in [1.165, 1.54) is 50.2 Å². The van der Waals surface area contributed by atoms with Gasteiger partial charge < -0.3 is 5.11 Å². The number of nitrogens with zero attached hydrogens (tertiary/aromatic N) is 1. The third-order valence-electron chi connectivity index (χ3n) is 11.4. The summed E-state index contributed by atoms with van der Waals surface area (Å²) in [6.07, 6.45) is 5.86. The van der Waals surface area contributed by atoms with E-state index >= 15 is 0 Å². The van der Waals surface area contributed by atoms with Gasteiger partial charge in [0, 0.05) is 48.1 Å². The standard InChI is InChI=1S/C33H34NS.C15H28O2.Ir/c1-20(2)14-23-15-21(3)31(22(4)16-23)28-19-30(34-32-27(28)12-13-35-32)25-17-24-10-8-9-11-26(24)29(18-25)33(5,6)7;1-7-14(5,8-2)12(16)11-13(17)15(6,9-3)10-4;/h8-13,15-16,18-20H,14H2,1-7H3;11,16H,7-10H2,1-6H3;/q-1;;/b;12-11-;. The first-order valence-electron chi connectivity index (χ1n) is 19.3. The van der Waals surface area contributed by atoms with Crippen molar-refractivity contribution in [3.05, 3.63) is 100 Å². The maximum Gasteiger partial charge on any atom is 0.164 e. The molecule has 2 heterocycles. The van der Waals surface area contributed by atoms with E-state index in [-0.39, 0.29) is 47.9 Å². The molecule has 1 N–H and O–H groups in total. The Morgan fingerprint density at radius 3 is 1.98 bits per heavy atom. The normalized spacial score (nSPS) is 12.5. The van der Waals surface area contributed by atoms with Crippen LogP contribution in [0.15, 0.2) is 71.8 Å². The van der Waals surface area contributed by atoms with Crippen LogP contribution >= 0.6 is 11.3 Å². The quantitative estimate of drug-likeness (QED) is 0.0816. The van der Waals surface area contributed by atoms with Crippen LogP contribution < -0.4 is 0 Å². The summed E-state index contributed by atoms with van der Waals surface area (Å²) in [7, 11) is 0. The monoisotopic (exact) mass is 909 g/mol. The number of carbonyl (C=O) groups excluding carboxylic acids is 1. The summed E-state index contributed by atoms with van der Waals surface area (Å²) in [6, 6.07) is 23.9. The first kappa shape index (κ1) is 44.3. The number of pyridine rings is 1. The minimum atomic E-state index is -0.337. The topological polar surface area (TPSA) is 50.2 Å². The van der Waals surface area contributed by atoms with E-state index < -0.39 is 0 Å². The fourth-order valence-electron chi connectivity index (χ4n) is 7.03. The second-order valence-corrected chi connectivity index (χ2v) is 17.6. The molecule has 0 unspecified atom stereocenters. The molecule has 0 fully saturated rings. The van der Waals surface area contributed by atoms with Gasteiger partial charge in [-0.3, -0.25) is 9.78 Å². The minimum Gasteiger partial charge on any atom is -0.512 e. The summed E-state index contributed by atoms with van der Waals surface area (Å²) in [5.74, 6) is 0.935. The molecule has 5 rings (SSSR count). The molecule has 0 aliphatic rings. The van der Waals surface area contributed by atoms with Crippen LogP contribution in [0.25, 0.3) is 43.4 Å². The van der Waals surface area contributed by atoms with Gasteiger partial charge in [0.05, 0.1) is 0 Å². The van der Waals surface area contributed by atoms with Gasteiger partial charge in [0.25, 0.3) is 0 Å². The van der Waals surface area contributed by atoms with Gasteiger partial charge in [-0.15, -0.1) is 40.5 Å². The van der Waals surface area contributed by atoms with Gasteiger partial charge >= 0.3 is 0 Å². The van der Waals surface area contributed by atoms with Crippen LogP contribution in [-0.2, 0) is 36.7 Å². The van der Waals surface area contributed by atoms with Crippen LogP contribution in [0.4, 0.5) is 0 Å². The van der Waals surface area contributed by atoms with Crippen molar-refractivity contribution in [2.24, 2.45) is 16.7 Å². The van der Waals surface area contributed by atoms with E-state index in [0.29, 0.717) is 5.92 Å². The molecule has 287 valence electrons. The molecule has 0 spiro atoms. The molecule has 1 radical (unpaired) electrons. The van der Waals surface area contributed by atoms with Crippen molar-refractivity contribution < 1.29 is 30.0 Å². The number of allylic oxidation sites excluding steroid dienone is 2. The zero-order valence-electron chi connectivity index (χ0n) is 34.5. The fourth-order valence-corrected chi connectivity index (χ4v) is 7.82. The molecule has 2 aromatic heterocycles. The van der Waals surface area contributed by atoms with Crippen molar-refractivity contribution in [2.45, 2.75) is 128 Å². The zero-order valence-corrected chi connectivity index (χ0v) is 37.7. The van der Waals surface area contributed by atoms with Crippen molar-refractivity contribution in [2.75, 3.05) is 0 Å². The molecular formula is C48H62IrNO2S-. The van der Waals surface area contributed by atoms with Crippen LogP contribution in [0.5, 0.6) is 0 Å². The van der Waals surface area contributed by atoms with Gasteiger partial charge in [0.15, 0.2) is 5.78 Å². The Morgan fingerprint density at radius 2 is 1.43 bits per heavy atom. The SMILES string of the molecule is CCC(C)(CC)C(=O)/C=C(\O)C(C)(CC)CC.Cc1cc(CC(C)C)cc(C)c1-c1cc(-c2[c-]c3ccccc3c(C(C)(C)C)c2)nc2sccc12.[Ir]. The Labute approximate surface area is 338 Å². The van der Waals surface area contributed by atoms with Crippen molar-refractivity contribution in [1.82, 2.24) is 4.98 Å². The number of carbonyl (C=O) groups is 1. The molecular weight excluding hydrogens is 847 g/mol. The van der Waals surface area contributed by atoms with Crippen molar-refractivity contribution in [1.29, 1.82) is 0 Å². The number of aryl methyl sites for hydroxylation is 2. The number of benzene rings is 3. The number of hydrogen-bond donors (Lipinski definition) is 1. The van der Waals surface area contributed by atoms with E-state index in [0.717, 1.165) is 53.6 Å². The number of aliphatic hydroxyl groups is 1. The third kappa shape index (κ3) is 9.96. The number of aromatic nitrogens is 1. The largest absolute Gasteiger partial charge is 0.512 e. The van der Waals surface area contributed by atoms with Gasteiger partial charge in [-0.25, -0.2) is 0 Å². The van der Waals surface area contributed by atoms with E-state index in [9.17, 15) is 9.90 Å². The molecule has 0 aliphatic carbocycles. The summed E-state index contributed by atoms with van der Waals surface area (Å²) >= 11 is 1.72. The van der Waals surface area contributed by atoms with Crippen LogP contribution in [-0.4, -0.2) is 15.9 Å². The van der Waals surface area contributed by atoms with Gasteiger partial charge in [0.1, 0.15) is 10.6 Å². The first-order chi connectivity index (χ1) is 24.4. The molecule has 0 bridgehead atoms. The Balaban J connectivity index is 0.000000359. The molecule has 3 aromatic carbocycles. The van der Waals surface area contributed by atoms with Crippen molar-refractivity contribution in [3.63, 3.8) is 0 Å². The van der Waals surface area contributed by atoms with Gasteiger partial charge in [-0.1, -0.05) is 124 Å². The molecule has 53 heavy (non-hydrogen) atoms. The predicted octanol–water partition coefficient (Wildman–Crippen LogP) is 14.3. The first-order valence-corrected chi connectivity index (χ1v) is 20.2. The van der Waals surface area contributed by atoms with Gasteiger partial charge in [-0.2, -0.15) is 0 Å². The van der Waals surface area contributed by atoms with Gasteiger partial charge in [0.2, 0.25) is 0 Å². The van der Waals surface area contributed by atoms with E-state index in [1.54, 1.807) is 11.3 Å². The summed E-state index contributed by atoms with van der Waals surface area (Å²) in [6.45, 7) is 28.0. The number of aliphatic hydroxyl groups excluding tert-OH is 1. The molecule has 3 nitrogen and oxygen atoms in total. The summed E-state index contributed by atoms with van der Waals surface area (Å²) < 4.78 is 0. The van der Waals surface area contributed by atoms with Gasteiger partial charge in [-0.05, 0) is 96.5 Å². The Bertz CT molecular complexity index is 2030. The average molecular weight is 909 g/mol. The number of rotatable bonds is 11. The fraction of sp³-hybridized carbons (Fsp3) is 0.458. The van der Waals surface area contributed by atoms with E-state index in [1.807, 2.05) is 41.5 Å². The maximum atomic E-state index is 12.2. The molecule has 5 heteroatoms. The second kappa shape index (κ2) is 18.0. The molecule has 0 aliphatic heterocycles. The van der Waals surface area contributed by atoms with E-state index in [2.05, 4.69) is 115 Å². The Morgan fingerprint density at radius 1 is 0.849 bits per heavy atom. The van der Waals surface area contributed by atoms with Crippen LogP contribution in [0.2, 0.25) is 0 Å². The Hall–Kier alpha value is -3.11. The third-order valence-corrected chi connectivity index (χ3v) is 12.2. The number of hydrogen-bond acceptors (Lipinski definition) is 4. The molecule has 0 saturated carbocycles. The van der Waals surface area contributed by atoms with Crippen molar-refractivity contribution >= 4 is 38.1 Å². The second-order valence-electron chi connectivity index (χ2n) is 16.7. The van der Waals surface area contributed by atoms with Crippen LogP contribution in [0, 0.1) is 36.7 Å². The summed E-state index contributed by atoms with van der Waals surface area (Å²) in [5, 5.41) is 15.9. The number of thiophene rings is 1. The minimum absolute atomic E-state index is 0. The number of ketones is 1. The predicted molar refractivity (Wildman–Crippen MR) is 227 cm³/mol. The summed E-state index contributed by atoms with van der Waals surface area (Å²) in [5.41, 5.74) is 9.53. The maximum absolute atomic E-state index is 12.2. The summed E-state index contributed by atoms with van der Waals surface area (Å²) in [4.78, 5) is 18.4. The van der Waals surface area contributed by atoms with Crippen LogP contribution in [0.1, 0.15) is 124 Å². The Kier molecular flexibility index (Phi) is 15.1. The van der Waals surface area contributed by atoms with Crippen LogP contribution in [0.3, 0.4) is 0 Å². The molecule has 0 atom stereocenters.